The Bertz CT molecular complexity index is 408. The van der Waals surface area contributed by atoms with Crippen molar-refractivity contribution in [3.63, 3.8) is 0 Å². The van der Waals surface area contributed by atoms with Gasteiger partial charge in [0.15, 0.2) is 0 Å². The molecule has 0 spiro atoms. The van der Waals surface area contributed by atoms with Crippen LogP contribution in [0.4, 0.5) is 0 Å². The Morgan fingerprint density at radius 3 is 2.73 bits per heavy atom. The average molecular weight is 202 g/mol. The van der Waals surface area contributed by atoms with E-state index < -0.39 is 0 Å². The monoisotopic (exact) mass is 202 g/mol. The fraction of sp³-hybridized carbons (Fsp3) is 0.538. The van der Waals surface area contributed by atoms with Crippen LogP contribution in [-0.2, 0) is 0 Å². The maximum Gasteiger partial charge on any atom is 0.0619 e. The summed E-state index contributed by atoms with van der Waals surface area (Å²) in [5, 5.41) is 7.81. The first-order valence-corrected chi connectivity index (χ1v) is 5.48. The molecule has 1 heterocycles. The van der Waals surface area contributed by atoms with E-state index in [0.29, 0.717) is 11.6 Å². The summed E-state index contributed by atoms with van der Waals surface area (Å²) < 4.78 is 0. The van der Waals surface area contributed by atoms with Crippen LogP contribution in [0.25, 0.3) is 0 Å². The number of aliphatic imine (C=N–C) groups is 1. The average Bonchev–Trinajstić information content (AvgIpc) is 2.07. The van der Waals surface area contributed by atoms with E-state index in [9.17, 15) is 0 Å². The molecule has 0 radical (unpaired) electrons. The summed E-state index contributed by atoms with van der Waals surface area (Å²) in [6, 6.07) is 0. The zero-order valence-electron chi connectivity index (χ0n) is 9.89. The maximum absolute atomic E-state index is 7.81. The van der Waals surface area contributed by atoms with Crippen LogP contribution in [0.3, 0.4) is 0 Å². The Morgan fingerprint density at radius 2 is 2.07 bits per heavy atom. The van der Waals surface area contributed by atoms with Crippen molar-refractivity contribution in [2.24, 2.45) is 10.9 Å². The quantitative estimate of drug-likeness (QED) is 0.586. The minimum Gasteiger partial charge on any atom is -0.301 e. The SMILES string of the molecule is CC1=CC2=NC(C)(C)CC(C)C2=CC1=N. The van der Waals surface area contributed by atoms with Crippen LogP contribution in [0, 0.1) is 11.3 Å². The van der Waals surface area contributed by atoms with E-state index in [1.54, 1.807) is 0 Å². The number of fused-ring (bicyclic) bond motifs is 1. The fourth-order valence-electron chi connectivity index (χ4n) is 2.43. The van der Waals surface area contributed by atoms with E-state index in [2.05, 4.69) is 26.8 Å². The number of hydrogen-bond donors (Lipinski definition) is 1. The van der Waals surface area contributed by atoms with Crippen molar-refractivity contribution in [3.8, 4) is 0 Å². The Hall–Kier alpha value is -1.18. The zero-order chi connectivity index (χ0) is 11.2. The molecule has 2 nitrogen and oxygen atoms in total. The third-order valence-electron chi connectivity index (χ3n) is 3.13. The number of nitrogens with zero attached hydrogens (tertiary/aromatic N) is 1. The summed E-state index contributed by atoms with van der Waals surface area (Å²) in [6.45, 7) is 8.56. The van der Waals surface area contributed by atoms with Gasteiger partial charge in [0.05, 0.1) is 17.0 Å². The van der Waals surface area contributed by atoms with Crippen LogP contribution in [0.5, 0.6) is 0 Å². The van der Waals surface area contributed by atoms with Gasteiger partial charge in [-0.2, -0.15) is 0 Å². The summed E-state index contributed by atoms with van der Waals surface area (Å²) in [7, 11) is 0. The second kappa shape index (κ2) is 3.16. The van der Waals surface area contributed by atoms with Gasteiger partial charge >= 0.3 is 0 Å². The summed E-state index contributed by atoms with van der Waals surface area (Å²) >= 11 is 0. The van der Waals surface area contributed by atoms with E-state index >= 15 is 0 Å². The maximum atomic E-state index is 7.81. The number of hydrogen-bond acceptors (Lipinski definition) is 2. The smallest absolute Gasteiger partial charge is 0.0619 e. The second-order valence-electron chi connectivity index (χ2n) is 5.26. The molecule has 1 N–H and O–H groups in total. The van der Waals surface area contributed by atoms with Crippen LogP contribution in [0.15, 0.2) is 28.3 Å². The first-order valence-electron chi connectivity index (χ1n) is 5.48. The molecule has 2 aliphatic rings. The van der Waals surface area contributed by atoms with E-state index in [1.807, 2.05) is 13.0 Å². The van der Waals surface area contributed by atoms with E-state index in [1.165, 1.54) is 5.57 Å². The molecule has 0 amide bonds. The number of rotatable bonds is 0. The number of nitrogens with one attached hydrogen (secondary N) is 1. The molecule has 1 aliphatic heterocycles. The molecule has 2 rings (SSSR count). The first kappa shape index (κ1) is 10.3. The van der Waals surface area contributed by atoms with Crippen LogP contribution in [0.2, 0.25) is 0 Å². The first-order chi connectivity index (χ1) is 6.89. The van der Waals surface area contributed by atoms with Gasteiger partial charge in [-0.15, -0.1) is 0 Å². The topological polar surface area (TPSA) is 36.2 Å². The highest BCUT2D eigenvalue weighted by Gasteiger charge is 2.31. The molecular weight excluding hydrogens is 184 g/mol. The predicted molar refractivity (Wildman–Crippen MR) is 64.9 cm³/mol. The van der Waals surface area contributed by atoms with E-state index in [-0.39, 0.29) is 5.54 Å². The van der Waals surface area contributed by atoms with Crippen molar-refractivity contribution in [2.45, 2.75) is 39.7 Å². The second-order valence-corrected chi connectivity index (χ2v) is 5.26. The van der Waals surface area contributed by atoms with Gasteiger partial charge in [-0.1, -0.05) is 6.92 Å². The summed E-state index contributed by atoms with van der Waals surface area (Å²) in [6.07, 6.45) is 5.10. The highest BCUT2D eigenvalue weighted by Crippen LogP contribution is 2.34. The molecular formula is C13H18N2. The lowest BCUT2D eigenvalue weighted by atomic mass is 9.78. The van der Waals surface area contributed by atoms with Gasteiger partial charge in [0.2, 0.25) is 0 Å². The molecule has 15 heavy (non-hydrogen) atoms. The Balaban J connectivity index is 2.50. The Kier molecular flexibility index (Phi) is 2.18. The lowest BCUT2D eigenvalue weighted by molar-refractivity contribution is 0.406. The van der Waals surface area contributed by atoms with Gasteiger partial charge in [-0.05, 0) is 56.4 Å². The third kappa shape index (κ3) is 1.81. The molecule has 0 aromatic heterocycles. The molecule has 0 fully saturated rings. The van der Waals surface area contributed by atoms with Crippen LogP contribution >= 0.6 is 0 Å². The molecule has 1 unspecified atom stereocenters. The van der Waals surface area contributed by atoms with Gasteiger partial charge in [0.25, 0.3) is 0 Å². The van der Waals surface area contributed by atoms with Gasteiger partial charge < -0.3 is 5.41 Å². The molecule has 0 aromatic rings. The molecule has 0 bridgehead atoms. The van der Waals surface area contributed by atoms with E-state index in [0.717, 1.165) is 17.7 Å². The molecule has 1 atom stereocenters. The van der Waals surface area contributed by atoms with Gasteiger partial charge in [-0.3, -0.25) is 4.99 Å². The predicted octanol–water partition coefficient (Wildman–Crippen LogP) is 3.15. The fourth-order valence-corrected chi connectivity index (χ4v) is 2.43. The Morgan fingerprint density at radius 1 is 1.40 bits per heavy atom. The molecule has 1 aliphatic carbocycles. The molecule has 80 valence electrons. The minimum absolute atomic E-state index is 0.0440. The van der Waals surface area contributed by atoms with Crippen molar-refractivity contribution in [2.75, 3.05) is 0 Å². The molecule has 0 saturated carbocycles. The Labute approximate surface area is 91.3 Å². The third-order valence-corrected chi connectivity index (χ3v) is 3.13. The van der Waals surface area contributed by atoms with Crippen LogP contribution in [-0.4, -0.2) is 17.0 Å². The lowest BCUT2D eigenvalue weighted by Crippen LogP contribution is -2.32. The molecule has 0 saturated heterocycles. The standard InChI is InChI=1S/C13H18N2/c1-8-5-12-10(6-11(8)14)9(2)7-13(3,4)15-12/h5-6,9,14H,7H2,1-4H3. The lowest BCUT2D eigenvalue weighted by Gasteiger charge is -2.34. The molecule has 0 aromatic carbocycles. The largest absolute Gasteiger partial charge is 0.301 e. The van der Waals surface area contributed by atoms with Crippen molar-refractivity contribution in [3.05, 3.63) is 23.3 Å². The van der Waals surface area contributed by atoms with Crippen LogP contribution < -0.4 is 0 Å². The normalized spacial score (nSPS) is 28.9. The number of allylic oxidation sites excluding steroid dienone is 4. The molecule has 2 heteroatoms. The van der Waals surface area contributed by atoms with Crippen molar-refractivity contribution >= 4 is 11.4 Å². The summed E-state index contributed by atoms with van der Waals surface area (Å²) in [4.78, 5) is 4.75. The zero-order valence-corrected chi connectivity index (χ0v) is 9.89. The van der Waals surface area contributed by atoms with E-state index in [4.69, 9.17) is 10.4 Å². The minimum atomic E-state index is 0.0440. The van der Waals surface area contributed by atoms with Gasteiger partial charge in [0, 0.05) is 0 Å². The van der Waals surface area contributed by atoms with Crippen molar-refractivity contribution in [1.29, 1.82) is 5.41 Å². The summed E-state index contributed by atoms with van der Waals surface area (Å²) in [5.41, 5.74) is 4.03. The summed E-state index contributed by atoms with van der Waals surface area (Å²) in [5.74, 6) is 0.511. The van der Waals surface area contributed by atoms with Crippen molar-refractivity contribution in [1.82, 2.24) is 0 Å². The highest BCUT2D eigenvalue weighted by molar-refractivity contribution is 6.23. The van der Waals surface area contributed by atoms with Gasteiger partial charge in [0.1, 0.15) is 0 Å². The van der Waals surface area contributed by atoms with Gasteiger partial charge in [-0.25, -0.2) is 0 Å². The highest BCUT2D eigenvalue weighted by atomic mass is 14.9. The van der Waals surface area contributed by atoms with Crippen molar-refractivity contribution < 1.29 is 0 Å². The van der Waals surface area contributed by atoms with Crippen LogP contribution in [0.1, 0.15) is 34.1 Å².